The van der Waals surface area contributed by atoms with Gasteiger partial charge in [0, 0.05) is 0 Å². The molecule has 15 heavy (non-hydrogen) atoms. The SMILES string of the molecule is CCCC(NC(=O)C(CC)NC)C(N)=O. The summed E-state index contributed by atoms with van der Waals surface area (Å²) in [5, 5.41) is 5.52. The van der Waals surface area contributed by atoms with Crippen molar-refractivity contribution in [3.63, 3.8) is 0 Å². The zero-order valence-corrected chi connectivity index (χ0v) is 9.67. The third-order valence-corrected chi connectivity index (χ3v) is 2.31. The number of likely N-dealkylation sites (N-methyl/N-ethyl adjacent to an activating group) is 1. The largest absolute Gasteiger partial charge is 0.368 e. The monoisotopic (exact) mass is 215 g/mol. The van der Waals surface area contributed by atoms with E-state index in [1.807, 2.05) is 13.8 Å². The highest BCUT2D eigenvalue weighted by atomic mass is 16.2. The van der Waals surface area contributed by atoms with Crippen molar-refractivity contribution in [1.29, 1.82) is 0 Å². The van der Waals surface area contributed by atoms with Gasteiger partial charge in [-0.3, -0.25) is 9.59 Å². The molecule has 0 rings (SSSR count). The van der Waals surface area contributed by atoms with E-state index in [2.05, 4.69) is 10.6 Å². The average molecular weight is 215 g/mol. The quantitative estimate of drug-likeness (QED) is 0.548. The summed E-state index contributed by atoms with van der Waals surface area (Å²) in [7, 11) is 1.72. The Balaban J connectivity index is 4.27. The van der Waals surface area contributed by atoms with E-state index >= 15 is 0 Å². The molecule has 5 heteroatoms. The molecule has 0 spiro atoms. The maximum absolute atomic E-state index is 11.6. The number of rotatable bonds is 7. The number of primary amides is 1. The lowest BCUT2D eigenvalue weighted by atomic mass is 10.1. The molecule has 0 aromatic carbocycles. The van der Waals surface area contributed by atoms with E-state index in [0.29, 0.717) is 12.8 Å². The highest BCUT2D eigenvalue weighted by Gasteiger charge is 2.21. The summed E-state index contributed by atoms with van der Waals surface area (Å²) in [6.07, 6.45) is 2.07. The molecule has 2 amide bonds. The molecule has 0 bridgehead atoms. The number of hydrogen-bond donors (Lipinski definition) is 3. The first-order valence-electron chi connectivity index (χ1n) is 5.33. The van der Waals surface area contributed by atoms with Crippen molar-refractivity contribution in [2.24, 2.45) is 5.73 Å². The van der Waals surface area contributed by atoms with Gasteiger partial charge in [0.25, 0.3) is 0 Å². The summed E-state index contributed by atoms with van der Waals surface area (Å²) < 4.78 is 0. The van der Waals surface area contributed by atoms with Crippen molar-refractivity contribution in [3.8, 4) is 0 Å². The van der Waals surface area contributed by atoms with Gasteiger partial charge in [-0.05, 0) is 19.9 Å². The molecule has 0 aromatic rings. The van der Waals surface area contributed by atoms with Crippen LogP contribution in [0.2, 0.25) is 0 Å². The van der Waals surface area contributed by atoms with E-state index in [1.54, 1.807) is 7.05 Å². The van der Waals surface area contributed by atoms with E-state index < -0.39 is 11.9 Å². The first-order chi connectivity index (χ1) is 7.06. The Morgan fingerprint density at radius 1 is 1.27 bits per heavy atom. The first kappa shape index (κ1) is 13.9. The summed E-state index contributed by atoms with van der Waals surface area (Å²) in [6, 6.07) is -0.811. The molecule has 0 aromatic heterocycles. The van der Waals surface area contributed by atoms with Gasteiger partial charge >= 0.3 is 0 Å². The Bertz CT molecular complexity index is 215. The Morgan fingerprint density at radius 2 is 1.87 bits per heavy atom. The molecule has 0 aliphatic heterocycles. The molecule has 4 N–H and O–H groups in total. The molecule has 0 saturated carbocycles. The van der Waals surface area contributed by atoms with Gasteiger partial charge < -0.3 is 16.4 Å². The molecule has 2 atom stereocenters. The molecule has 0 aliphatic carbocycles. The number of hydrogen-bond acceptors (Lipinski definition) is 3. The molecule has 0 aliphatic rings. The van der Waals surface area contributed by atoms with Gasteiger partial charge in [-0.15, -0.1) is 0 Å². The maximum Gasteiger partial charge on any atom is 0.240 e. The molecular weight excluding hydrogens is 194 g/mol. The van der Waals surface area contributed by atoms with Crippen molar-refractivity contribution >= 4 is 11.8 Å². The fourth-order valence-corrected chi connectivity index (χ4v) is 1.37. The van der Waals surface area contributed by atoms with Crippen LogP contribution in [-0.4, -0.2) is 30.9 Å². The van der Waals surface area contributed by atoms with Crippen molar-refractivity contribution in [1.82, 2.24) is 10.6 Å². The van der Waals surface area contributed by atoms with Crippen LogP contribution < -0.4 is 16.4 Å². The Morgan fingerprint density at radius 3 is 2.20 bits per heavy atom. The summed E-state index contributed by atoms with van der Waals surface area (Å²) in [4.78, 5) is 22.6. The number of nitrogens with one attached hydrogen (secondary N) is 2. The normalized spacial score (nSPS) is 14.3. The second-order valence-electron chi connectivity index (χ2n) is 3.50. The molecule has 2 unspecified atom stereocenters. The summed E-state index contributed by atoms with van der Waals surface area (Å²) in [6.45, 7) is 3.84. The van der Waals surface area contributed by atoms with Crippen LogP contribution in [0.1, 0.15) is 33.1 Å². The molecular formula is C10H21N3O2. The summed E-state index contributed by atoms with van der Waals surface area (Å²) >= 11 is 0. The lowest BCUT2D eigenvalue weighted by Crippen LogP contribution is -2.50. The smallest absolute Gasteiger partial charge is 0.240 e. The predicted octanol–water partition coefficient (Wildman–Crippen LogP) is -0.245. The van der Waals surface area contributed by atoms with E-state index in [-0.39, 0.29) is 11.9 Å². The number of nitrogens with two attached hydrogens (primary N) is 1. The van der Waals surface area contributed by atoms with E-state index in [1.165, 1.54) is 0 Å². The van der Waals surface area contributed by atoms with Crippen LogP contribution in [0.15, 0.2) is 0 Å². The van der Waals surface area contributed by atoms with Gasteiger partial charge in [-0.25, -0.2) is 0 Å². The van der Waals surface area contributed by atoms with Gasteiger partial charge in [0.05, 0.1) is 6.04 Å². The zero-order valence-electron chi connectivity index (χ0n) is 9.67. The number of carbonyl (C=O) groups is 2. The van der Waals surface area contributed by atoms with E-state index in [9.17, 15) is 9.59 Å². The molecule has 0 heterocycles. The van der Waals surface area contributed by atoms with Crippen LogP contribution in [0.4, 0.5) is 0 Å². The minimum atomic E-state index is -0.551. The van der Waals surface area contributed by atoms with Gasteiger partial charge in [0.1, 0.15) is 6.04 Å². The first-order valence-corrected chi connectivity index (χ1v) is 5.33. The highest BCUT2D eigenvalue weighted by molar-refractivity contribution is 5.88. The molecule has 5 nitrogen and oxygen atoms in total. The standard InChI is InChI=1S/C10H21N3O2/c1-4-6-8(9(11)14)13-10(15)7(5-2)12-3/h7-8,12H,4-6H2,1-3H3,(H2,11,14)(H,13,15). The van der Waals surface area contributed by atoms with Crippen molar-refractivity contribution in [3.05, 3.63) is 0 Å². The predicted molar refractivity (Wildman–Crippen MR) is 59.2 cm³/mol. The van der Waals surface area contributed by atoms with Gasteiger partial charge in [-0.2, -0.15) is 0 Å². The van der Waals surface area contributed by atoms with Crippen LogP contribution in [0.5, 0.6) is 0 Å². The Hall–Kier alpha value is -1.10. The van der Waals surface area contributed by atoms with Crippen LogP contribution in [0.3, 0.4) is 0 Å². The fraction of sp³-hybridized carbons (Fsp3) is 0.800. The van der Waals surface area contributed by atoms with Crippen molar-refractivity contribution in [2.75, 3.05) is 7.05 Å². The maximum atomic E-state index is 11.6. The second-order valence-corrected chi connectivity index (χ2v) is 3.50. The Labute approximate surface area is 90.8 Å². The second kappa shape index (κ2) is 7.23. The molecule has 0 radical (unpaired) electrons. The lowest BCUT2D eigenvalue weighted by Gasteiger charge is -2.19. The van der Waals surface area contributed by atoms with E-state index in [4.69, 9.17) is 5.73 Å². The number of carbonyl (C=O) groups excluding carboxylic acids is 2. The minimum Gasteiger partial charge on any atom is -0.368 e. The lowest BCUT2D eigenvalue weighted by molar-refractivity contribution is -0.128. The zero-order chi connectivity index (χ0) is 11.8. The molecule has 88 valence electrons. The van der Waals surface area contributed by atoms with Gasteiger partial charge in [0.15, 0.2) is 0 Å². The highest BCUT2D eigenvalue weighted by Crippen LogP contribution is 1.98. The molecule has 0 fully saturated rings. The van der Waals surface area contributed by atoms with Crippen molar-refractivity contribution in [2.45, 2.75) is 45.2 Å². The van der Waals surface area contributed by atoms with Crippen LogP contribution in [0, 0.1) is 0 Å². The summed E-state index contributed by atoms with van der Waals surface area (Å²) in [5.74, 6) is -0.645. The Kier molecular flexibility index (Phi) is 6.70. The van der Waals surface area contributed by atoms with Gasteiger partial charge in [-0.1, -0.05) is 20.3 Å². The topological polar surface area (TPSA) is 84.2 Å². The third-order valence-electron chi connectivity index (χ3n) is 2.31. The molecule has 0 saturated heterocycles. The van der Waals surface area contributed by atoms with Crippen LogP contribution >= 0.6 is 0 Å². The fourth-order valence-electron chi connectivity index (χ4n) is 1.37. The van der Waals surface area contributed by atoms with Crippen molar-refractivity contribution < 1.29 is 9.59 Å². The average Bonchev–Trinajstić information content (AvgIpc) is 2.18. The summed E-state index contributed by atoms with van der Waals surface area (Å²) in [5.41, 5.74) is 5.18. The minimum absolute atomic E-state index is 0.169. The van der Waals surface area contributed by atoms with E-state index in [0.717, 1.165) is 6.42 Å². The van der Waals surface area contributed by atoms with Crippen LogP contribution in [0.25, 0.3) is 0 Å². The number of amides is 2. The van der Waals surface area contributed by atoms with Crippen LogP contribution in [-0.2, 0) is 9.59 Å². The third kappa shape index (κ3) is 4.78. The van der Waals surface area contributed by atoms with Gasteiger partial charge in [0.2, 0.25) is 11.8 Å².